The van der Waals surface area contributed by atoms with Gasteiger partial charge >= 0.3 is 0 Å². The molecule has 29 heavy (non-hydrogen) atoms. The van der Waals surface area contributed by atoms with Gasteiger partial charge in [0.2, 0.25) is 0 Å². The summed E-state index contributed by atoms with van der Waals surface area (Å²) in [6.07, 6.45) is 2.37. The van der Waals surface area contributed by atoms with E-state index in [0.29, 0.717) is 12.2 Å². The lowest BCUT2D eigenvalue weighted by Gasteiger charge is -2.37. The summed E-state index contributed by atoms with van der Waals surface area (Å²) >= 11 is 0. The molecule has 0 aliphatic carbocycles. The monoisotopic (exact) mass is 398 g/mol. The second-order valence-corrected chi connectivity index (χ2v) is 7.32. The molecule has 3 rings (SSSR count). The molecular weight excluding hydrogens is 368 g/mol. The van der Waals surface area contributed by atoms with Gasteiger partial charge in [-0.15, -0.1) is 0 Å². The fourth-order valence-electron chi connectivity index (χ4n) is 3.40. The molecule has 0 spiro atoms. The highest BCUT2D eigenvalue weighted by molar-refractivity contribution is 5.92. The van der Waals surface area contributed by atoms with Crippen molar-refractivity contribution in [2.75, 3.05) is 70.3 Å². The van der Waals surface area contributed by atoms with Gasteiger partial charge < -0.3 is 24.8 Å². The maximum absolute atomic E-state index is 12.4. The number of anilines is 2. The highest BCUT2D eigenvalue weighted by atomic mass is 16.5. The summed E-state index contributed by atoms with van der Waals surface area (Å²) in [5.74, 6) is 1.52. The number of rotatable bonds is 8. The third kappa shape index (κ3) is 5.57. The number of amides is 1. The van der Waals surface area contributed by atoms with Gasteiger partial charge in [0.25, 0.3) is 5.91 Å². The molecule has 0 unspecified atom stereocenters. The highest BCUT2D eigenvalue weighted by Crippen LogP contribution is 2.28. The van der Waals surface area contributed by atoms with Crippen LogP contribution in [-0.4, -0.2) is 81.2 Å². The van der Waals surface area contributed by atoms with Crippen molar-refractivity contribution in [3.63, 3.8) is 0 Å². The molecule has 8 heteroatoms. The Kier molecular flexibility index (Phi) is 7.24. The second-order valence-electron chi connectivity index (χ2n) is 7.32. The summed E-state index contributed by atoms with van der Waals surface area (Å²) < 4.78 is 5.48. The molecule has 1 aliphatic rings. The lowest BCUT2D eigenvalue weighted by atomic mass is 10.2. The van der Waals surface area contributed by atoms with E-state index in [9.17, 15) is 4.79 Å². The van der Waals surface area contributed by atoms with Crippen molar-refractivity contribution in [3.8, 4) is 5.75 Å². The number of hydrogen-bond donors (Lipinski definition) is 1. The standard InChI is InChI=1S/C21H30N6O2/c1-25(2)10-6-9-22-21(28)17-15-20(24-16-23-17)27-13-11-26(12-14-27)18-7-4-5-8-19(18)29-3/h4-5,7-8,15-16H,6,9-14H2,1-3H3,(H,22,28). The van der Waals surface area contributed by atoms with Crippen LogP contribution < -0.4 is 19.9 Å². The molecule has 8 nitrogen and oxygen atoms in total. The first kappa shape index (κ1) is 20.9. The molecule has 0 bridgehead atoms. The normalized spacial score (nSPS) is 14.2. The third-order valence-corrected chi connectivity index (χ3v) is 4.98. The van der Waals surface area contributed by atoms with E-state index < -0.39 is 0 Å². The van der Waals surface area contributed by atoms with Gasteiger partial charge in [0.15, 0.2) is 0 Å². The molecule has 1 saturated heterocycles. The number of carbonyl (C=O) groups excluding carboxylic acids is 1. The molecular formula is C21H30N6O2. The van der Waals surface area contributed by atoms with E-state index in [0.717, 1.165) is 56.4 Å². The van der Waals surface area contributed by atoms with Crippen molar-refractivity contribution < 1.29 is 9.53 Å². The molecule has 1 N–H and O–H groups in total. The number of piperazine rings is 1. The Balaban J connectivity index is 1.57. The Labute approximate surface area is 172 Å². The van der Waals surface area contributed by atoms with Gasteiger partial charge in [-0.2, -0.15) is 0 Å². The zero-order valence-corrected chi connectivity index (χ0v) is 17.5. The minimum atomic E-state index is -0.153. The van der Waals surface area contributed by atoms with Crippen LogP contribution in [-0.2, 0) is 0 Å². The Morgan fingerprint density at radius 2 is 1.86 bits per heavy atom. The molecule has 1 fully saturated rings. The second kappa shape index (κ2) is 10.1. The van der Waals surface area contributed by atoms with Crippen LogP contribution in [0.1, 0.15) is 16.9 Å². The van der Waals surface area contributed by atoms with Gasteiger partial charge in [-0.05, 0) is 39.2 Å². The number of nitrogens with one attached hydrogen (secondary N) is 1. The van der Waals surface area contributed by atoms with Crippen LogP contribution in [0.4, 0.5) is 11.5 Å². The molecule has 0 saturated carbocycles. The maximum atomic E-state index is 12.4. The molecule has 2 heterocycles. The van der Waals surface area contributed by atoms with E-state index in [-0.39, 0.29) is 5.91 Å². The molecule has 1 aliphatic heterocycles. The summed E-state index contributed by atoms with van der Waals surface area (Å²) in [7, 11) is 5.74. The van der Waals surface area contributed by atoms with Crippen LogP contribution in [0.25, 0.3) is 0 Å². The Hall–Kier alpha value is -2.87. The van der Waals surface area contributed by atoms with Crippen molar-refractivity contribution >= 4 is 17.4 Å². The number of para-hydroxylation sites is 2. The van der Waals surface area contributed by atoms with Gasteiger partial charge in [0.1, 0.15) is 23.6 Å². The minimum Gasteiger partial charge on any atom is -0.495 e. The maximum Gasteiger partial charge on any atom is 0.270 e. The minimum absolute atomic E-state index is 0.153. The van der Waals surface area contributed by atoms with E-state index in [1.165, 1.54) is 6.33 Å². The lowest BCUT2D eigenvalue weighted by molar-refractivity contribution is 0.0947. The quantitative estimate of drug-likeness (QED) is 0.676. The van der Waals surface area contributed by atoms with Crippen LogP contribution in [0.2, 0.25) is 0 Å². The first-order valence-electron chi connectivity index (χ1n) is 9.96. The number of nitrogens with zero attached hydrogens (tertiary/aromatic N) is 5. The summed E-state index contributed by atoms with van der Waals surface area (Å²) in [5.41, 5.74) is 1.52. The molecule has 156 valence electrons. The van der Waals surface area contributed by atoms with Crippen LogP contribution in [0, 0.1) is 0 Å². The average molecular weight is 399 g/mol. The van der Waals surface area contributed by atoms with Crippen LogP contribution in [0.15, 0.2) is 36.7 Å². The van der Waals surface area contributed by atoms with E-state index in [1.807, 2.05) is 32.3 Å². The number of ether oxygens (including phenoxy) is 1. The molecule has 2 aromatic rings. The number of hydrogen-bond acceptors (Lipinski definition) is 7. The third-order valence-electron chi connectivity index (χ3n) is 4.98. The number of aromatic nitrogens is 2. The van der Waals surface area contributed by atoms with E-state index in [1.54, 1.807) is 13.2 Å². The number of benzene rings is 1. The summed E-state index contributed by atoms with van der Waals surface area (Å²) in [6.45, 7) is 4.92. The van der Waals surface area contributed by atoms with Crippen molar-refractivity contribution in [2.45, 2.75) is 6.42 Å². The Morgan fingerprint density at radius 1 is 1.14 bits per heavy atom. The van der Waals surface area contributed by atoms with Crippen molar-refractivity contribution in [1.29, 1.82) is 0 Å². The van der Waals surface area contributed by atoms with Crippen LogP contribution >= 0.6 is 0 Å². The lowest BCUT2D eigenvalue weighted by Crippen LogP contribution is -2.47. The zero-order valence-electron chi connectivity index (χ0n) is 17.5. The zero-order chi connectivity index (χ0) is 20.6. The van der Waals surface area contributed by atoms with Gasteiger partial charge in [-0.1, -0.05) is 12.1 Å². The Morgan fingerprint density at radius 3 is 2.59 bits per heavy atom. The molecule has 0 atom stereocenters. The van der Waals surface area contributed by atoms with Gasteiger partial charge in [0, 0.05) is 38.8 Å². The largest absolute Gasteiger partial charge is 0.495 e. The first-order valence-corrected chi connectivity index (χ1v) is 9.96. The SMILES string of the molecule is COc1ccccc1N1CCN(c2cc(C(=O)NCCCN(C)C)ncn2)CC1. The molecule has 1 aromatic carbocycles. The topological polar surface area (TPSA) is 73.8 Å². The van der Waals surface area contributed by atoms with Gasteiger partial charge in [-0.3, -0.25) is 4.79 Å². The fraction of sp³-hybridized carbons (Fsp3) is 0.476. The summed E-state index contributed by atoms with van der Waals surface area (Å²) in [4.78, 5) is 27.5. The first-order chi connectivity index (χ1) is 14.1. The fourth-order valence-corrected chi connectivity index (χ4v) is 3.40. The van der Waals surface area contributed by atoms with E-state index >= 15 is 0 Å². The van der Waals surface area contributed by atoms with Crippen molar-refractivity contribution in [2.24, 2.45) is 0 Å². The van der Waals surface area contributed by atoms with Crippen LogP contribution in [0.5, 0.6) is 5.75 Å². The predicted molar refractivity (Wildman–Crippen MR) is 115 cm³/mol. The summed E-state index contributed by atoms with van der Waals surface area (Å²) in [6, 6.07) is 9.85. The summed E-state index contributed by atoms with van der Waals surface area (Å²) in [5, 5.41) is 2.93. The van der Waals surface area contributed by atoms with Gasteiger partial charge in [-0.25, -0.2) is 9.97 Å². The number of methoxy groups -OCH3 is 1. The molecule has 0 radical (unpaired) electrons. The molecule has 1 amide bonds. The molecule has 1 aromatic heterocycles. The van der Waals surface area contributed by atoms with E-state index in [4.69, 9.17) is 4.74 Å². The highest BCUT2D eigenvalue weighted by Gasteiger charge is 2.21. The smallest absolute Gasteiger partial charge is 0.270 e. The Bertz CT molecular complexity index is 805. The van der Waals surface area contributed by atoms with Crippen molar-refractivity contribution in [3.05, 3.63) is 42.4 Å². The predicted octanol–water partition coefficient (Wildman–Crippen LogP) is 1.49. The van der Waals surface area contributed by atoms with E-state index in [2.05, 4.69) is 36.1 Å². The average Bonchev–Trinajstić information content (AvgIpc) is 2.76. The van der Waals surface area contributed by atoms with Gasteiger partial charge in [0.05, 0.1) is 12.8 Å². The van der Waals surface area contributed by atoms with Crippen LogP contribution in [0.3, 0.4) is 0 Å². The number of carbonyl (C=O) groups is 1. The van der Waals surface area contributed by atoms with Crippen molar-refractivity contribution in [1.82, 2.24) is 20.2 Å².